The van der Waals surface area contributed by atoms with Gasteiger partial charge in [0.05, 0.1) is 0 Å². The monoisotopic (exact) mass is 503 g/mol. The van der Waals surface area contributed by atoms with Crippen molar-refractivity contribution in [2.75, 3.05) is 0 Å². The predicted molar refractivity (Wildman–Crippen MR) is 164 cm³/mol. The summed E-state index contributed by atoms with van der Waals surface area (Å²) in [6.07, 6.45) is 33.4. The van der Waals surface area contributed by atoms with E-state index in [9.17, 15) is 4.79 Å². The van der Waals surface area contributed by atoms with Gasteiger partial charge in [0.25, 0.3) is 0 Å². The van der Waals surface area contributed by atoms with E-state index in [0.29, 0.717) is 11.8 Å². The van der Waals surface area contributed by atoms with Crippen molar-refractivity contribution in [3.8, 4) is 0 Å². The Morgan fingerprint density at radius 1 is 0.444 bits per heavy atom. The Labute approximate surface area is 228 Å². The van der Waals surface area contributed by atoms with Crippen LogP contribution in [0.1, 0.15) is 183 Å². The van der Waals surface area contributed by atoms with Crippen LogP contribution in [0.4, 0.5) is 0 Å². The molecule has 0 aliphatic carbocycles. The van der Waals surface area contributed by atoms with E-state index in [1.54, 1.807) is 0 Å². The van der Waals surface area contributed by atoms with Gasteiger partial charge < -0.3 is 0 Å². The van der Waals surface area contributed by atoms with Crippen molar-refractivity contribution in [1.29, 1.82) is 0 Å². The molecule has 0 aliphatic rings. The molecule has 0 aromatic carbocycles. The van der Waals surface area contributed by atoms with Crippen LogP contribution < -0.4 is 0 Å². The van der Waals surface area contributed by atoms with Crippen molar-refractivity contribution >= 4 is 5.78 Å². The van der Waals surface area contributed by atoms with E-state index < -0.39 is 0 Å². The first kappa shape index (κ1) is 35.2. The normalized spacial score (nSPS) is 12.8. The molecular weight excluding hydrogens is 436 g/mol. The summed E-state index contributed by atoms with van der Waals surface area (Å²) in [5, 5.41) is 0. The zero-order valence-corrected chi connectivity index (χ0v) is 25.8. The predicted octanol–water partition coefficient (Wildman–Crippen LogP) is 12.3. The fourth-order valence-electron chi connectivity index (χ4n) is 5.10. The minimum absolute atomic E-state index is 0.224. The molecule has 0 bridgehead atoms. The molecule has 0 amide bonds. The second-order valence-electron chi connectivity index (χ2n) is 12.0. The molecule has 1 heteroatoms. The summed E-state index contributed by atoms with van der Waals surface area (Å²) in [6, 6.07) is 0. The molecule has 0 aromatic heterocycles. The Kier molecular flexibility index (Phi) is 25.2. The summed E-state index contributed by atoms with van der Waals surface area (Å²) in [4.78, 5) is 12.9. The summed E-state index contributed by atoms with van der Waals surface area (Å²) in [6.45, 7) is 13.5. The van der Waals surface area contributed by atoms with Gasteiger partial charge in [-0.3, -0.25) is 4.79 Å². The van der Waals surface area contributed by atoms with Gasteiger partial charge in [-0.15, -0.1) is 0 Å². The number of ketones is 1. The van der Waals surface area contributed by atoms with Gasteiger partial charge in [-0.2, -0.15) is 0 Å². The summed E-state index contributed by atoms with van der Waals surface area (Å²) in [5.41, 5.74) is 2.69. The summed E-state index contributed by atoms with van der Waals surface area (Å²) >= 11 is 0. The van der Waals surface area contributed by atoms with Crippen LogP contribution in [-0.2, 0) is 4.79 Å². The maximum atomic E-state index is 12.9. The van der Waals surface area contributed by atoms with Gasteiger partial charge in [0.15, 0.2) is 5.78 Å². The molecular formula is C35H66O. The van der Waals surface area contributed by atoms with Crippen molar-refractivity contribution < 1.29 is 4.79 Å². The van der Waals surface area contributed by atoms with Gasteiger partial charge in [0.2, 0.25) is 0 Å². The molecule has 0 N–H and O–H groups in total. The number of carbonyl (C=O) groups is 1. The van der Waals surface area contributed by atoms with E-state index in [2.05, 4.69) is 41.5 Å². The van der Waals surface area contributed by atoms with Crippen LogP contribution >= 0.6 is 0 Å². The van der Waals surface area contributed by atoms with Crippen LogP contribution in [0.15, 0.2) is 23.3 Å². The Balaban J connectivity index is 4.28. The molecule has 0 heterocycles. The lowest BCUT2D eigenvalue weighted by atomic mass is 9.92. The van der Waals surface area contributed by atoms with Crippen LogP contribution in [0.25, 0.3) is 0 Å². The Hall–Kier alpha value is -0.850. The zero-order chi connectivity index (χ0) is 26.9. The quantitative estimate of drug-likeness (QED) is 0.0848. The van der Waals surface area contributed by atoms with E-state index in [1.165, 1.54) is 140 Å². The highest BCUT2D eigenvalue weighted by Gasteiger charge is 2.09. The molecule has 0 unspecified atom stereocenters. The zero-order valence-electron chi connectivity index (χ0n) is 25.8. The van der Waals surface area contributed by atoms with E-state index >= 15 is 0 Å². The van der Waals surface area contributed by atoms with Crippen molar-refractivity contribution in [2.45, 2.75) is 183 Å². The van der Waals surface area contributed by atoms with Gasteiger partial charge in [0.1, 0.15) is 0 Å². The second-order valence-corrected chi connectivity index (χ2v) is 12.0. The molecule has 0 atom stereocenters. The van der Waals surface area contributed by atoms with Crippen molar-refractivity contribution in [3.63, 3.8) is 0 Å². The molecule has 36 heavy (non-hydrogen) atoms. The van der Waals surface area contributed by atoms with Crippen LogP contribution in [0, 0.1) is 11.8 Å². The molecule has 0 fully saturated rings. The Bertz CT molecular complexity index is 503. The number of hydrogen-bond donors (Lipinski definition) is 0. The van der Waals surface area contributed by atoms with Gasteiger partial charge in [-0.1, -0.05) is 168 Å². The van der Waals surface area contributed by atoms with E-state index in [-0.39, 0.29) is 5.78 Å². The highest BCUT2D eigenvalue weighted by molar-refractivity contribution is 6.00. The molecule has 0 radical (unpaired) electrons. The topological polar surface area (TPSA) is 17.1 Å². The number of carbonyl (C=O) groups excluding carboxylic acids is 1. The lowest BCUT2D eigenvalue weighted by molar-refractivity contribution is -0.110. The largest absolute Gasteiger partial charge is 0.290 e. The number of rotatable bonds is 26. The fraction of sp³-hybridized carbons (Fsp3) is 0.857. The molecule has 0 rings (SSSR count). The Morgan fingerprint density at radius 2 is 0.694 bits per heavy atom. The standard InChI is InChI=1S/C35H66O/c1-7-9-11-13-15-17-19-21-23-25-27-33(31(3)4)29-35(36)30-34(32(5)6)28-26-24-22-20-18-16-14-12-10-8-2/h29-32H,7-28H2,1-6H3. The molecule has 1 nitrogen and oxygen atoms in total. The van der Waals surface area contributed by atoms with Gasteiger partial charge in [0, 0.05) is 0 Å². The molecule has 0 aromatic rings. The average Bonchev–Trinajstić information content (AvgIpc) is 2.84. The van der Waals surface area contributed by atoms with E-state index in [4.69, 9.17) is 0 Å². The van der Waals surface area contributed by atoms with Crippen LogP contribution in [0.2, 0.25) is 0 Å². The molecule has 0 spiro atoms. The van der Waals surface area contributed by atoms with Crippen LogP contribution in [-0.4, -0.2) is 5.78 Å². The number of allylic oxidation sites excluding steroid dienone is 4. The van der Waals surface area contributed by atoms with Crippen molar-refractivity contribution in [2.24, 2.45) is 11.8 Å². The third-order valence-corrected chi connectivity index (χ3v) is 7.78. The summed E-state index contributed by atoms with van der Waals surface area (Å²) < 4.78 is 0. The third kappa shape index (κ3) is 22.4. The Morgan fingerprint density at radius 3 is 0.944 bits per heavy atom. The summed E-state index contributed by atoms with van der Waals surface area (Å²) in [7, 11) is 0. The fourth-order valence-corrected chi connectivity index (χ4v) is 5.10. The molecule has 0 saturated carbocycles. The van der Waals surface area contributed by atoms with Crippen LogP contribution in [0.3, 0.4) is 0 Å². The van der Waals surface area contributed by atoms with Crippen LogP contribution in [0.5, 0.6) is 0 Å². The highest BCUT2D eigenvalue weighted by Crippen LogP contribution is 2.22. The molecule has 0 saturated heterocycles. The third-order valence-electron chi connectivity index (χ3n) is 7.78. The lowest BCUT2D eigenvalue weighted by Gasteiger charge is -2.13. The van der Waals surface area contributed by atoms with E-state index in [0.717, 1.165) is 12.8 Å². The highest BCUT2D eigenvalue weighted by atomic mass is 16.1. The number of hydrogen-bond acceptors (Lipinski definition) is 1. The van der Waals surface area contributed by atoms with E-state index in [1.807, 2.05) is 12.2 Å². The first-order valence-electron chi connectivity index (χ1n) is 16.4. The average molecular weight is 503 g/mol. The minimum Gasteiger partial charge on any atom is -0.290 e. The maximum absolute atomic E-state index is 12.9. The minimum atomic E-state index is 0.224. The lowest BCUT2D eigenvalue weighted by Crippen LogP contribution is -2.02. The smallest absolute Gasteiger partial charge is 0.178 e. The van der Waals surface area contributed by atoms with Gasteiger partial charge >= 0.3 is 0 Å². The van der Waals surface area contributed by atoms with Crippen molar-refractivity contribution in [3.05, 3.63) is 23.3 Å². The second kappa shape index (κ2) is 25.8. The van der Waals surface area contributed by atoms with Gasteiger partial charge in [-0.05, 0) is 49.7 Å². The first-order chi connectivity index (χ1) is 17.4. The molecule has 212 valence electrons. The first-order valence-corrected chi connectivity index (χ1v) is 16.4. The summed E-state index contributed by atoms with van der Waals surface area (Å²) in [5.74, 6) is 1.15. The van der Waals surface area contributed by atoms with Crippen molar-refractivity contribution in [1.82, 2.24) is 0 Å². The SMILES string of the molecule is CCCCCCCCCCCCC(=CC(=O)C=C(CCCCCCCCCCCC)C(C)C)C(C)C. The molecule has 0 aliphatic heterocycles. The maximum Gasteiger partial charge on any atom is 0.178 e. The van der Waals surface area contributed by atoms with Gasteiger partial charge in [-0.25, -0.2) is 0 Å². The number of unbranched alkanes of at least 4 members (excludes halogenated alkanes) is 18.